The predicted octanol–water partition coefficient (Wildman–Crippen LogP) is 1.64. The number of nitrogens with one attached hydrogen (secondary N) is 1. The maximum atomic E-state index is 13.6. The van der Waals surface area contributed by atoms with Gasteiger partial charge in [0.05, 0.1) is 18.4 Å². The molecule has 0 unspecified atom stereocenters. The van der Waals surface area contributed by atoms with Crippen LogP contribution in [0.2, 0.25) is 0 Å². The van der Waals surface area contributed by atoms with Crippen LogP contribution in [0.5, 0.6) is 0 Å². The van der Waals surface area contributed by atoms with Gasteiger partial charge in [0.2, 0.25) is 10.8 Å². The quantitative estimate of drug-likeness (QED) is 0.261. The molecule has 1 aliphatic rings. The molecule has 1 N–H and O–H groups in total. The molecule has 15 heteroatoms. The molecule has 0 saturated carbocycles. The van der Waals surface area contributed by atoms with Gasteiger partial charge in [0.1, 0.15) is 18.8 Å². The second-order valence-electron chi connectivity index (χ2n) is 9.12. The SMILES string of the molecule is COC(=O)[C@]1(SC)O[C@@H]([C@H](OC(C)=O)[C@@H](COC(C)=O)OC(C)=O)[C@H](NC(C)=O)[C@@H](OC(C)=O)[C@@H]1Sc1ccccc1. The van der Waals surface area contributed by atoms with E-state index in [2.05, 4.69) is 5.32 Å². The fraction of sp³-hybridized carbons (Fsp3) is 0.556. The minimum Gasteiger partial charge on any atom is -0.466 e. The normalized spacial score (nSPS) is 24.7. The van der Waals surface area contributed by atoms with Crippen molar-refractivity contribution in [1.29, 1.82) is 0 Å². The van der Waals surface area contributed by atoms with Crippen molar-refractivity contribution in [1.82, 2.24) is 5.32 Å². The number of benzene rings is 1. The second kappa shape index (κ2) is 15.8. The van der Waals surface area contributed by atoms with Crippen molar-refractivity contribution >= 4 is 59.3 Å². The van der Waals surface area contributed by atoms with Gasteiger partial charge in [0.25, 0.3) is 0 Å². The Labute approximate surface area is 252 Å². The third-order valence-electron chi connectivity index (χ3n) is 5.90. The van der Waals surface area contributed by atoms with Crippen LogP contribution in [0, 0.1) is 0 Å². The van der Waals surface area contributed by atoms with Crippen molar-refractivity contribution in [2.45, 2.75) is 80.2 Å². The average molecular weight is 630 g/mol. The third kappa shape index (κ3) is 9.10. The van der Waals surface area contributed by atoms with E-state index in [0.717, 1.165) is 58.3 Å². The van der Waals surface area contributed by atoms with Crippen molar-refractivity contribution in [3.63, 3.8) is 0 Å². The molecule has 1 fully saturated rings. The van der Waals surface area contributed by atoms with Gasteiger partial charge >= 0.3 is 29.8 Å². The number of carbonyl (C=O) groups is 6. The first-order valence-electron chi connectivity index (χ1n) is 12.7. The highest BCUT2D eigenvalue weighted by atomic mass is 32.2. The monoisotopic (exact) mass is 629 g/mol. The standard InChI is InChI=1S/C27H35NO12S2/c1-14(29)28-21-23(22(38-17(4)32)20(37-16(3)31)13-36-15(2)30)40-27(41-7,26(34)35-6)25(24(21)39-18(5)33)42-19-11-9-8-10-12-19/h8-12,20-25H,13H2,1-7H3,(H,28,29)/t20-,21+,22-,23-,24-,25+,27+/m1/s1. The predicted molar refractivity (Wildman–Crippen MR) is 150 cm³/mol. The van der Waals surface area contributed by atoms with Crippen LogP contribution in [0.25, 0.3) is 0 Å². The number of rotatable bonds is 12. The third-order valence-corrected chi connectivity index (χ3v) is 8.57. The summed E-state index contributed by atoms with van der Waals surface area (Å²) in [5.74, 6) is -4.55. The zero-order valence-corrected chi connectivity index (χ0v) is 25.9. The molecule has 42 heavy (non-hydrogen) atoms. The maximum Gasteiger partial charge on any atom is 0.350 e. The van der Waals surface area contributed by atoms with E-state index in [-0.39, 0.29) is 0 Å². The molecule has 1 aromatic carbocycles. The van der Waals surface area contributed by atoms with Crippen LogP contribution < -0.4 is 5.32 Å². The topological polar surface area (TPSA) is 170 Å². The van der Waals surface area contributed by atoms with E-state index in [1.54, 1.807) is 36.6 Å². The molecule has 0 bridgehead atoms. The summed E-state index contributed by atoms with van der Waals surface area (Å²) in [6, 6.07) is 7.62. The minimum atomic E-state index is -1.92. The summed E-state index contributed by atoms with van der Waals surface area (Å²) < 4.78 is 33.4. The van der Waals surface area contributed by atoms with Gasteiger partial charge in [0, 0.05) is 39.5 Å². The van der Waals surface area contributed by atoms with Crippen molar-refractivity contribution in [2.75, 3.05) is 20.0 Å². The molecular weight excluding hydrogens is 594 g/mol. The van der Waals surface area contributed by atoms with Gasteiger partial charge < -0.3 is 33.7 Å². The summed E-state index contributed by atoms with van der Waals surface area (Å²) in [7, 11) is 1.15. The van der Waals surface area contributed by atoms with Crippen molar-refractivity contribution in [2.24, 2.45) is 0 Å². The molecule has 0 radical (unpaired) electrons. The lowest BCUT2D eigenvalue weighted by atomic mass is 9.88. The lowest BCUT2D eigenvalue weighted by molar-refractivity contribution is -0.222. The van der Waals surface area contributed by atoms with Crippen molar-refractivity contribution < 1.29 is 57.2 Å². The molecule has 232 valence electrons. The first kappa shape index (κ1) is 34.9. The summed E-state index contributed by atoms with van der Waals surface area (Å²) in [5.41, 5.74) is 0. The summed E-state index contributed by atoms with van der Waals surface area (Å²) in [6.45, 7) is 5.10. The number of esters is 5. The van der Waals surface area contributed by atoms with E-state index in [1.807, 2.05) is 0 Å². The molecule has 13 nitrogen and oxygen atoms in total. The second-order valence-corrected chi connectivity index (χ2v) is 11.4. The lowest BCUT2D eigenvalue weighted by Gasteiger charge is -2.52. The summed E-state index contributed by atoms with van der Waals surface area (Å²) in [6.07, 6.45) is -4.24. The van der Waals surface area contributed by atoms with Gasteiger partial charge in [-0.05, 0) is 18.4 Å². The molecule has 1 saturated heterocycles. The van der Waals surface area contributed by atoms with E-state index in [1.165, 1.54) is 6.92 Å². The Bertz CT molecular complexity index is 1150. The van der Waals surface area contributed by atoms with E-state index in [9.17, 15) is 28.8 Å². The van der Waals surface area contributed by atoms with E-state index in [4.69, 9.17) is 28.4 Å². The first-order valence-corrected chi connectivity index (χ1v) is 14.8. The van der Waals surface area contributed by atoms with Crippen LogP contribution in [0.3, 0.4) is 0 Å². The van der Waals surface area contributed by atoms with Crippen molar-refractivity contribution in [3.05, 3.63) is 30.3 Å². The molecule has 1 aromatic rings. The molecule has 1 aliphatic heterocycles. The molecule has 1 amide bonds. The number of carbonyl (C=O) groups excluding carboxylic acids is 6. The Morgan fingerprint density at radius 1 is 0.929 bits per heavy atom. The van der Waals surface area contributed by atoms with Crippen LogP contribution in [0.15, 0.2) is 35.2 Å². The summed E-state index contributed by atoms with van der Waals surface area (Å²) >= 11 is 2.08. The zero-order chi connectivity index (χ0) is 31.6. The van der Waals surface area contributed by atoms with Gasteiger partial charge in [-0.1, -0.05) is 18.2 Å². The van der Waals surface area contributed by atoms with Crippen molar-refractivity contribution in [3.8, 4) is 0 Å². The Balaban J connectivity index is 2.85. The fourth-order valence-corrected chi connectivity index (χ4v) is 6.96. The zero-order valence-electron chi connectivity index (χ0n) is 24.3. The molecule has 7 atom stereocenters. The Kier molecular flexibility index (Phi) is 13.1. The highest BCUT2D eigenvalue weighted by Crippen LogP contribution is 2.49. The highest BCUT2D eigenvalue weighted by Gasteiger charge is 2.64. The Morgan fingerprint density at radius 3 is 2.02 bits per heavy atom. The molecule has 2 rings (SSSR count). The van der Waals surface area contributed by atoms with Gasteiger partial charge in [-0.25, -0.2) is 4.79 Å². The van der Waals surface area contributed by atoms with Crippen LogP contribution in [-0.2, 0) is 57.2 Å². The molecule has 0 spiro atoms. The number of methoxy groups -OCH3 is 1. The molecule has 0 aromatic heterocycles. The maximum absolute atomic E-state index is 13.6. The summed E-state index contributed by atoms with van der Waals surface area (Å²) in [5, 5.41) is 1.66. The molecule has 1 heterocycles. The van der Waals surface area contributed by atoms with Crippen LogP contribution in [-0.4, -0.2) is 96.4 Å². The minimum absolute atomic E-state index is 0.565. The van der Waals surface area contributed by atoms with Gasteiger partial charge in [-0.15, -0.1) is 23.5 Å². The van der Waals surface area contributed by atoms with Gasteiger partial charge in [-0.3, -0.25) is 24.0 Å². The smallest absolute Gasteiger partial charge is 0.350 e. The largest absolute Gasteiger partial charge is 0.466 e. The number of ether oxygens (including phenoxy) is 6. The molecular formula is C27H35NO12S2. The van der Waals surface area contributed by atoms with E-state index < -0.39 is 83.0 Å². The number of hydrogen-bond acceptors (Lipinski definition) is 14. The number of thioether (sulfide) groups is 2. The lowest BCUT2D eigenvalue weighted by Crippen LogP contribution is -2.72. The fourth-order valence-electron chi connectivity index (χ4n) is 4.43. The van der Waals surface area contributed by atoms with Crippen LogP contribution >= 0.6 is 23.5 Å². The summed E-state index contributed by atoms with van der Waals surface area (Å²) in [4.78, 5) is 73.4. The van der Waals surface area contributed by atoms with E-state index in [0.29, 0.717) is 4.90 Å². The average Bonchev–Trinajstić information content (AvgIpc) is 2.91. The molecule has 0 aliphatic carbocycles. The Hall–Kier alpha value is -3.30. The van der Waals surface area contributed by atoms with Crippen LogP contribution in [0.1, 0.15) is 34.6 Å². The first-order chi connectivity index (χ1) is 19.7. The number of amides is 1. The highest BCUT2D eigenvalue weighted by molar-refractivity contribution is 8.04. The number of hydrogen-bond donors (Lipinski definition) is 1. The Morgan fingerprint density at radius 2 is 1.55 bits per heavy atom. The van der Waals surface area contributed by atoms with Gasteiger partial charge in [0.15, 0.2) is 12.2 Å². The van der Waals surface area contributed by atoms with Crippen LogP contribution in [0.4, 0.5) is 0 Å². The van der Waals surface area contributed by atoms with E-state index >= 15 is 0 Å². The van der Waals surface area contributed by atoms with Gasteiger partial charge in [-0.2, -0.15) is 0 Å².